The van der Waals surface area contributed by atoms with Gasteiger partial charge in [0.25, 0.3) is 0 Å². The van der Waals surface area contributed by atoms with Gasteiger partial charge in [0, 0.05) is 17.7 Å². The van der Waals surface area contributed by atoms with Crippen LogP contribution in [0, 0.1) is 0 Å². The first-order chi connectivity index (χ1) is 17.2. The Bertz CT molecular complexity index is 1490. The smallest absolute Gasteiger partial charge is 0.157 e. The van der Waals surface area contributed by atoms with Crippen LogP contribution in [-0.2, 0) is 0 Å². The van der Waals surface area contributed by atoms with Crippen molar-refractivity contribution in [1.29, 1.82) is 0 Å². The minimum atomic E-state index is -0.737. The number of hydrogen-bond donors (Lipinski definition) is 7. The molecule has 0 saturated carbocycles. The SMILES string of the molecule is Oc1cc(O)cc([C@H]2c3c(/C=C\c4ccc(O)c(O)c4)cc(O)cc3O[C@H]2c2ccc(O)c(O)c2)c1. The summed E-state index contributed by atoms with van der Waals surface area (Å²) in [5, 5.41) is 70.0. The molecule has 36 heavy (non-hydrogen) atoms. The summed E-state index contributed by atoms with van der Waals surface area (Å²) in [6.07, 6.45) is 2.66. The maximum absolute atomic E-state index is 10.4. The van der Waals surface area contributed by atoms with Gasteiger partial charge >= 0.3 is 0 Å². The standard InChI is InChI=1S/C28H22O8/c29-18-9-17(10-19(30)12-18)27-26-15(3-1-14-2-5-21(32)23(34)7-14)8-20(31)13-25(26)36-28(27)16-4-6-22(33)24(35)11-16/h1-13,27-35H/b3-1-/t27-,28-/m0/s1. The molecule has 1 heterocycles. The van der Waals surface area contributed by atoms with Gasteiger partial charge in [0.2, 0.25) is 0 Å². The fourth-order valence-corrected chi connectivity index (χ4v) is 4.50. The minimum Gasteiger partial charge on any atom is -0.508 e. The van der Waals surface area contributed by atoms with E-state index in [0.29, 0.717) is 33.6 Å². The van der Waals surface area contributed by atoms with Crippen molar-refractivity contribution >= 4 is 12.2 Å². The maximum Gasteiger partial charge on any atom is 0.157 e. The average molecular weight is 486 g/mol. The third-order valence-corrected chi connectivity index (χ3v) is 6.09. The second kappa shape index (κ2) is 8.66. The molecule has 0 aliphatic carbocycles. The molecular weight excluding hydrogens is 464 g/mol. The van der Waals surface area contributed by atoms with Crippen LogP contribution in [0.4, 0.5) is 0 Å². The predicted octanol–water partition coefficient (Wildman–Crippen LogP) is 5.06. The van der Waals surface area contributed by atoms with Crippen LogP contribution < -0.4 is 4.74 Å². The van der Waals surface area contributed by atoms with E-state index in [-0.39, 0.29) is 40.2 Å². The Morgan fingerprint density at radius 2 is 1.19 bits per heavy atom. The zero-order valence-corrected chi connectivity index (χ0v) is 18.7. The molecule has 2 atom stereocenters. The van der Waals surface area contributed by atoms with E-state index in [1.165, 1.54) is 54.6 Å². The molecule has 8 heteroatoms. The van der Waals surface area contributed by atoms with E-state index in [2.05, 4.69) is 0 Å². The molecule has 0 amide bonds. The first-order valence-corrected chi connectivity index (χ1v) is 11.0. The highest BCUT2D eigenvalue weighted by molar-refractivity contribution is 5.76. The van der Waals surface area contributed by atoms with E-state index in [1.807, 2.05) is 0 Å². The molecule has 0 radical (unpaired) electrons. The number of rotatable bonds is 4. The molecule has 1 aliphatic heterocycles. The van der Waals surface area contributed by atoms with Gasteiger partial charge in [-0.15, -0.1) is 0 Å². The summed E-state index contributed by atoms with van der Waals surface area (Å²) >= 11 is 0. The average Bonchev–Trinajstić information content (AvgIpc) is 3.20. The molecule has 0 unspecified atom stereocenters. The summed E-state index contributed by atoms with van der Waals surface area (Å²) < 4.78 is 6.22. The summed E-state index contributed by atoms with van der Waals surface area (Å²) in [6.45, 7) is 0. The van der Waals surface area contributed by atoms with Crippen LogP contribution in [-0.4, -0.2) is 35.7 Å². The number of aromatic hydroxyl groups is 7. The quantitative estimate of drug-likeness (QED) is 0.156. The second-order valence-electron chi connectivity index (χ2n) is 8.58. The molecule has 182 valence electrons. The number of benzene rings is 4. The Morgan fingerprint density at radius 3 is 1.86 bits per heavy atom. The molecule has 8 nitrogen and oxygen atoms in total. The summed E-state index contributed by atoms with van der Waals surface area (Å²) in [7, 11) is 0. The maximum atomic E-state index is 10.4. The van der Waals surface area contributed by atoms with E-state index in [1.54, 1.807) is 24.3 Å². The summed E-state index contributed by atoms with van der Waals surface area (Å²) in [6, 6.07) is 15.8. The lowest BCUT2D eigenvalue weighted by Crippen LogP contribution is -2.12. The Balaban J connectivity index is 1.68. The molecule has 0 saturated heterocycles. The second-order valence-corrected chi connectivity index (χ2v) is 8.58. The first kappa shape index (κ1) is 22.8. The van der Waals surface area contributed by atoms with Crippen molar-refractivity contribution < 1.29 is 40.5 Å². The third kappa shape index (κ3) is 4.16. The number of hydrogen-bond acceptors (Lipinski definition) is 8. The summed E-state index contributed by atoms with van der Waals surface area (Å²) in [5.74, 6) is -1.75. The largest absolute Gasteiger partial charge is 0.508 e. The van der Waals surface area contributed by atoms with Gasteiger partial charge in [-0.05, 0) is 64.7 Å². The van der Waals surface area contributed by atoms with Crippen LogP contribution in [0.1, 0.15) is 39.8 Å². The highest BCUT2D eigenvalue weighted by atomic mass is 16.5. The summed E-state index contributed by atoms with van der Waals surface area (Å²) in [4.78, 5) is 0. The number of phenolic OH excluding ortho intramolecular Hbond substituents is 7. The molecule has 7 N–H and O–H groups in total. The van der Waals surface area contributed by atoms with Crippen LogP contribution in [0.25, 0.3) is 12.2 Å². The van der Waals surface area contributed by atoms with E-state index in [0.717, 1.165) is 0 Å². The van der Waals surface area contributed by atoms with Gasteiger partial charge in [0.05, 0.1) is 5.92 Å². The lowest BCUT2D eigenvalue weighted by atomic mass is 9.82. The normalized spacial score (nSPS) is 16.7. The van der Waals surface area contributed by atoms with E-state index >= 15 is 0 Å². The van der Waals surface area contributed by atoms with Crippen LogP contribution >= 0.6 is 0 Å². The fraction of sp³-hybridized carbons (Fsp3) is 0.0714. The Morgan fingerprint density at radius 1 is 0.556 bits per heavy atom. The van der Waals surface area contributed by atoms with Crippen LogP contribution in [0.15, 0.2) is 66.7 Å². The van der Waals surface area contributed by atoms with Crippen molar-refractivity contribution in [2.75, 3.05) is 0 Å². The van der Waals surface area contributed by atoms with Gasteiger partial charge in [0.15, 0.2) is 23.0 Å². The first-order valence-electron chi connectivity index (χ1n) is 11.0. The Kier molecular flexibility index (Phi) is 5.49. The number of ether oxygens (including phenoxy) is 1. The van der Waals surface area contributed by atoms with Crippen molar-refractivity contribution in [1.82, 2.24) is 0 Å². The molecule has 0 fully saturated rings. The lowest BCUT2D eigenvalue weighted by Gasteiger charge is -2.21. The lowest BCUT2D eigenvalue weighted by molar-refractivity contribution is 0.221. The molecule has 0 bridgehead atoms. The van der Waals surface area contributed by atoms with Crippen molar-refractivity contribution in [3.05, 3.63) is 94.5 Å². The van der Waals surface area contributed by atoms with E-state index in [9.17, 15) is 35.7 Å². The zero-order chi connectivity index (χ0) is 25.6. The molecule has 4 aromatic rings. The van der Waals surface area contributed by atoms with Gasteiger partial charge < -0.3 is 40.5 Å². The molecule has 1 aliphatic rings. The van der Waals surface area contributed by atoms with E-state index < -0.39 is 12.0 Å². The number of phenols is 7. The van der Waals surface area contributed by atoms with Gasteiger partial charge in [-0.25, -0.2) is 0 Å². The fourth-order valence-electron chi connectivity index (χ4n) is 4.50. The molecule has 0 spiro atoms. The number of fused-ring (bicyclic) bond motifs is 1. The predicted molar refractivity (Wildman–Crippen MR) is 132 cm³/mol. The Hall–Kier alpha value is -4.98. The van der Waals surface area contributed by atoms with Gasteiger partial charge in [0.1, 0.15) is 29.1 Å². The van der Waals surface area contributed by atoms with Gasteiger partial charge in [-0.3, -0.25) is 0 Å². The van der Waals surface area contributed by atoms with Crippen molar-refractivity contribution in [2.24, 2.45) is 0 Å². The van der Waals surface area contributed by atoms with Crippen LogP contribution in [0.3, 0.4) is 0 Å². The van der Waals surface area contributed by atoms with Crippen molar-refractivity contribution in [2.45, 2.75) is 12.0 Å². The van der Waals surface area contributed by atoms with Crippen molar-refractivity contribution in [3.8, 4) is 46.0 Å². The van der Waals surface area contributed by atoms with Crippen LogP contribution in [0.2, 0.25) is 0 Å². The highest BCUT2D eigenvalue weighted by Gasteiger charge is 2.39. The third-order valence-electron chi connectivity index (χ3n) is 6.09. The van der Waals surface area contributed by atoms with Gasteiger partial charge in [-0.1, -0.05) is 24.3 Å². The highest BCUT2D eigenvalue weighted by Crippen LogP contribution is 2.53. The Labute approximate surface area is 205 Å². The molecule has 0 aromatic heterocycles. The van der Waals surface area contributed by atoms with Crippen molar-refractivity contribution in [3.63, 3.8) is 0 Å². The van der Waals surface area contributed by atoms with Crippen LogP contribution in [0.5, 0.6) is 46.0 Å². The van der Waals surface area contributed by atoms with E-state index in [4.69, 9.17) is 4.74 Å². The molecular formula is C28H22O8. The minimum absolute atomic E-state index is 0.0614. The topological polar surface area (TPSA) is 151 Å². The monoisotopic (exact) mass is 486 g/mol. The summed E-state index contributed by atoms with van der Waals surface area (Å²) in [5.41, 5.74) is 2.84. The molecule has 5 rings (SSSR count). The molecule has 4 aromatic carbocycles. The zero-order valence-electron chi connectivity index (χ0n) is 18.7. The van der Waals surface area contributed by atoms with Gasteiger partial charge in [-0.2, -0.15) is 0 Å².